The number of hydrogen-bond acceptors (Lipinski definition) is 4. The van der Waals surface area contributed by atoms with Gasteiger partial charge in [-0.3, -0.25) is 4.79 Å². The summed E-state index contributed by atoms with van der Waals surface area (Å²) in [5.41, 5.74) is 2.21. The van der Waals surface area contributed by atoms with Gasteiger partial charge in [0.05, 0.1) is 14.9 Å². The second-order valence-corrected chi connectivity index (χ2v) is 10.7. The number of halogens is 2. The van der Waals surface area contributed by atoms with Crippen molar-refractivity contribution >= 4 is 61.8 Å². The molecule has 2 aromatic heterocycles. The molecule has 0 aliphatic carbocycles. The Labute approximate surface area is 170 Å². The van der Waals surface area contributed by atoms with Crippen LogP contribution in [0.5, 0.6) is 0 Å². The van der Waals surface area contributed by atoms with Gasteiger partial charge in [0.25, 0.3) is 0 Å². The van der Waals surface area contributed by atoms with Crippen molar-refractivity contribution in [3.63, 3.8) is 0 Å². The van der Waals surface area contributed by atoms with E-state index in [1.165, 1.54) is 15.6 Å². The molecule has 1 aromatic carbocycles. The third kappa shape index (κ3) is 3.32. The van der Waals surface area contributed by atoms with Crippen molar-refractivity contribution in [3.05, 3.63) is 38.5 Å². The summed E-state index contributed by atoms with van der Waals surface area (Å²) in [4.78, 5) is 15.2. The van der Waals surface area contributed by atoms with E-state index in [1.54, 1.807) is 24.3 Å². The Kier molecular flexibility index (Phi) is 5.07. The summed E-state index contributed by atoms with van der Waals surface area (Å²) in [6.45, 7) is 1.06. The van der Waals surface area contributed by atoms with Gasteiger partial charge in [-0.15, -0.1) is 11.3 Å². The molecule has 9 heteroatoms. The molecule has 0 spiro atoms. The highest BCUT2D eigenvalue weighted by atomic mass is 35.5. The molecule has 0 saturated carbocycles. The van der Waals surface area contributed by atoms with Crippen molar-refractivity contribution in [2.75, 3.05) is 13.1 Å². The van der Waals surface area contributed by atoms with Gasteiger partial charge in [0.1, 0.15) is 4.34 Å². The van der Waals surface area contributed by atoms with Crippen LogP contribution in [0.15, 0.2) is 29.2 Å². The number of carbonyl (C=O) groups excluding carboxylic acids is 1. The highest BCUT2D eigenvalue weighted by Gasteiger charge is 2.27. The maximum absolute atomic E-state index is 13.0. The molecule has 1 aliphatic heterocycles. The van der Waals surface area contributed by atoms with Gasteiger partial charge in [0.15, 0.2) is 6.29 Å². The maximum Gasteiger partial charge on any atom is 0.243 e. The zero-order valence-electron chi connectivity index (χ0n) is 14.2. The fourth-order valence-corrected chi connectivity index (χ4v) is 6.47. The number of benzene rings is 1. The van der Waals surface area contributed by atoms with Crippen LogP contribution in [-0.2, 0) is 10.0 Å². The summed E-state index contributed by atoms with van der Waals surface area (Å²) < 4.78 is 28.4. The molecule has 27 heavy (non-hydrogen) atoms. The first-order valence-electron chi connectivity index (χ1n) is 8.48. The smallest absolute Gasteiger partial charge is 0.243 e. The largest absolute Gasteiger partial charge is 0.354 e. The molecule has 3 aromatic rings. The number of hydrogen-bond donors (Lipinski definition) is 1. The number of aromatic amines is 1. The molecular weight excluding hydrogens is 427 g/mol. The van der Waals surface area contributed by atoms with Crippen LogP contribution in [0.3, 0.4) is 0 Å². The minimum atomic E-state index is -3.58. The molecule has 1 N–H and O–H groups in total. The molecule has 0 atom stereocenters. The first-order valence-corrected chi connectivity index (χ1v) is 11.5. The number of aldehydes is 1. The predicted octanol–water partition coefficient (Wildman–Crippen LogP) is 5.19. The van der Waals surface area contributed by atoms with Gasteiger partial charge in [0, 0.05) is 35.1 Å². The van der Waals surface area contributed by atoms with E-state index in [4.69, 9.17) is 23.2 Å². The summed E-state index contributed by atoms with van der Waals surface area (Å²) >= 11 is 13.5. The Morgan fingerprint density at radius 3 is 2.48 bits per heavy atom. The molecule has 0 bridgehead atoms. The van der Waals surface area contributed by atoms with Crippen molar-refractivity contribution < 1.29 is 13.2 Å². The van der Waals surface area contributed by atoms with Gasteiger partial charge in [-0.25, -0.2) is 8.42 Å². The van der Waals surface area contributed by atoms with E-state index in [-0.39, 0.29) is 4.90 Å². The zero-order valence-corrected chi connectivity index (χ0v) is 17.3. The predicted molar refractivity (Wildman–Crippen MR) is 110 cm³/mol. The zero-order chi connectivity index (χ0) is 19.2. The molecule has 3 heterocycles. The van der Waals surface area contributed by atoms with E-state index in [2.05, 4.69) is 4.98 Å². The molecule has 4 rings (SSSR count). The molecule has 0 radical (unpaired) electrons. The second-order valence-electron chi connectivity index (χ2n) is 6.44. The van der Waals surface area contributed by atoms with Crippen LogP contribution in [0, 0.1) is 0 Å². The Morgan fingerprint density at radius 2 is 1.85 bits per heavy atom. The van der Waals surface area contributed by atoms with Gasteiger partial charge < -0.3 is 4.98 Å². The standard InChI is InChI=1S/C18H16Cl2N2O3S2/c19-16-9-13(18(20)26-16)17-14(10-23)12-8-11(4-5-15(12)21-17)27(24,25)22-6-2-1-3-7-22/h4-5,8-10,21H,1-3,6-7H2. The Balaban J connectivity index is 1.85. The van der Waals surface area contributed by atoms with Gasteiger partial charge in [0.2, 0.25) is 10.0 Å². The summed E-state index contributed by atoms with van der Waals surface area (Å²) in [7, 11) is -3.58. The molecular formula is C18H16Cl2N2O3S2. The Hall–Kier alpha value is -1.38. The number of sulfonamides is 1. The maximum atomic E-state index is 13.0. The molecule has 142 valence electrons. The number of thiophene rings is 1. The number of aromatic nitrogens is 1. The van der Waals surface area contributed by atoms with Crippen LogP contribution in [0.4, 0.5) is 0 Å². The number of rotatable bonds is 4. The number of fused-ring (bicyclic) bond motifs is 1. The van der Waals surface area contributed by atoms with E-state index in [9.17, 15) is 13.2 Å². The van der Waals surface area contributed by atoms with Gasteiger partial charge in [-0.05, 0) is 37.1 Å². The van der Waals surface area contributed by atoms with Crippen molar-refractivity contribution in [2.24, 2.45) is 0 Å². The number of piperidine rings is 1. The van der Waals surface area contributed by atoms with E-state index in [0.29, 0.717) is 55.8 Å². The van der Waals surface area contributed by atoms with Crippen LogP contribution in [0.2, 0.25) is 8.67 Å². The first kappa shape index (κ1) is 19.0. The number of carbonyl (C=O) groups is 1. The SMILES string of the molecule is O=Cc1c(-c2cc(Cl)sc2Cl)[nH]c2ccc(S(=O)(=O)N3CCCCC3)cc12. The molecule has 0 unspecified atom stereocenters. The fourth-order valence-electron chi connectivity index (χ4n) is 3.45. The molecule has 1 fully saturated rings. The molecule has 0 amide bonds. The van der Waals surface area contributed by atoms with E-state index in [0.717, 1.165) is 19.3 Å². The van der Waals surface area contributed by atoms with Crippen LogP contribution < -0.4 is 0 Å². The first-order chi connectivity index (χ1) is 12.9. The number of H-pyrrole nitrogens is 1. The monoisotopic (exact) mass is 442 g/mol. The van der Waals surface area contributed by atoms with Crippen molar-refractivity contribution in [2.45, 2.75) is 24.2 Å². The third-order valence-electron chi connectivity index (χ3n) is 4.81. The van der Waals surface area contributed by atoms with Crippen LogP contribution in [0.1, 0.15) is 29.6 Å². The minimum absolute atomic E-state index is 0.194. The lowest BCUT2D eigenvalue weighted by molar-refractivity contribution is 0.112. The summed E-state index contributed by atoms with van der Waals surface area (Å²) in [6, 6.07) is 6.51. The average Bonchev–Trinajstić information content (AvgIpc) is 3.20. The van der Waals surface area contributed by atoms with Crippen LogP contribution >= 0.6 is 34.5 Å². The third-order valence-corrected chi connectivity index (χ3v) is 8.19. The van der Waals surface area contributed by atoms with E-state index < -0.39 is 10.0 Å². The second kappa shape index (κ2) is 7.22. The summed E-state index contributed by atoms with van der Waals surface area (Å²) in [5, 5.41) is 0.552. The van der Waals surface area contributed by atoms with Crippen LogP contribution in [-0.4, -0.2) is 37.1 Å². The minimum Gasteiger partial charge on any atom is -0.354 e. The highest BCUT2D eigenvalue weighted by Crippen LogP contribution is 2.41. The number of nitrogens with one attached hydrogen (secondary N) is 1. The topological polar surface area (TPSA) is 70.2 Å². The lowest BCUT2D eigenvalue weighted by atomic mass is 10.1. The summed E-state index contributed by atoms with van der Waals surface area (Å²) in [6.07, 6.45) is 3.50. The molecule has 1 aliphatic rings. The summed E-state index contributed by atoms with van der Waals surface area (Å²) in [5.74, 6) is 0. The normalized spacial score (nSPS) is 16.1. The van der Waals surface area contributed by atoms with Crippen molar-refractivity contribution in [3.8, 4) is 11.3 Å². The lowest BCUT2D eigenvalue weighted by Crippen LogP contribution is -2.35. The Bertz CT molecular complexity index is 1130. The van der Waals surface area contributed by atoms with Gasteiger partial charge in [-0.1, -0.05) is 29.6 Å². The van der Waals surface area contributed by atoms with E-state index in [1.807, 2.05) is 0 Å². The quantitative estimate of drug-likeness (QED) is 0.564. The van der Waals surface area contributed by atoms with Gasteiger partial charge in [-0.2, -0.15) is 4.31 Å². The van der Waals surface area contributed by atoms with Crippen molar-refractivity contribution in [1.29, 1.82) is 0 Å². The van der Waals surface area contributed by atoms with Crippen molar-refractivity contribution in [1.82, 2.24) is 9.29 Å². The van der Waals surface area contributed by atoms with Gasteiger partial charge >= 0.3 is 0 Å². The Morgan fingerprint density at radius 1 is 1.11 bits per heavy atom. The average molecular weight is 443 g/mol. The molecule has 1 saturated heterocycles. The number of nitrogens with zero attached hydrogens (tertiary/aromatic N) is 1. The highest BCUT2D eigenvalue weighted by molar-refractivity contribution is 7.89. The molecule has 5 nitrogen and oxygen atoms in total. The lowest BCUT2D eigenvalue weighted by Gasteiger charge is -2.25. The van der Waals surface area contributed by atoms with E-state index >= 15 is 0 Å². The van der Waals surface area contributed by atoms with Crippen LogP contribution in [0.25, 0.3) is 22.2 Å². The fraction of sp³-hybridized carbons (Fsp3) is 0.278.